The molecule has 60 valence electrons. The van der Waals surface area contributed by atoms with E-state index in [2.05, 4.69) is 10.3 Å². The molecule has 1 heterocycles. The molecule has 0 aromatic carbocycles. The first kappa shape index (κ1) is 6.79. The van der Waals surface area contributed by atoms with Crippen LogP contribution in [0.25, 0.3) is 0 Å². The number of aromatic nitrogens is 3. The minimum atomic E-state index is -0.00144. The van der Waals surface area contributed by atoms with E-state index in [9.17, 15) is 0 Å². The number of hydrogen-bond acceptors (Lipinski definition) is 3. The molecule has 0 aliphatic heterocycles. The summed E-state index contributed by atoms with van der Waals surface area (Å²) in [6.07, 6.45) is 2.41. The van der Waals surface area contributed by atoms with Gasteiger partial charge in [-0.1, -0.05) is 5.21 Å². The fraction of sp³-hybridized carbons (Fsp3) is 0.714. The molecule has 1 aromatic rings. The average Bonchev–Trinajstić information content (AvgIpc) is 2.77. The van der Waals surface area contributed by atoms with Crippen molar-refractivity contribution in [3.8, 4) is 0 Å². The van der Waals surface area contributed by atoms with Crippen molar-refractivity contribution in [3.05, 3.63) is 11.4 Å². The lowest BCUT2D eigenvalue weighted by Gasteiger charge is -1.97. The molecule has 0 radical (unpaired) electrons. The molecule has 0 atom stereocenters. The van der Waals surface area contributed by atoms with E-state index in [-0.39, 0.29) is 6.61 Å². The summed E-state index contributed by atoms with van der Waals surface area (Å²) in [6.45, 7) is 1.95. The lowest BCUT2D eigenvalue weighted by Crippen LogP contribution is -1.99. The summed E-state index contributed by atoms with van der Waals surface area (Å²) in [7, 11) is 0. The van der Waals surface area contributed by atoms with Crippen LogP contribution in [0.4, 0.5) is 0 Å². The van der Waals surface area contributed by atoms with Gasteiger partial charge in [-0.3, -0.25) is 0 Å². The number of nitrogens with zero attached hydrogens (tertiary/aromatic N) is 3. The predicted octanol–water partition coefficient (Wildman–Crippen LogP) is 0.414. The van der Waals surface area contributed by atoms with Crippen molar-refractivity contribution in [3.63, 3.8) is 0 Å². The van der Waals surface area contributed by atoms with Gasteiger partial charge in [0.25, 0.3) is 0 Å². The van der Waals surface area contributed by atoms with Gasteiger partial charge < -0.3 is 5.11 Å². The number of hydrogen-bond donors (Lipinski definition) is 1. The van der Waals surface area contributed by atoms with Crippen LogP contribution in [0.15, 0.2) is 0 Å². The molecule has 0 unspecified atom stereocenters. The first-order valence-electron chi connectivity index (χ1n) is 3.84. The highest BCUT2D eigenvalue weighted by atomic mass is 16.3. The Labute approximate surface area is 64.8 Å². The summed E-state index contributed by atoms with van der Waals surface area (Å²) in [5.41, 5.74) is 1.71. The molecule has 4 nitrogen and oxygen atoms in total. The highest BCUT2D eigenvalue weighted by Crippen LogP contribution is 2.35. The largest absolute Gasteiger partial charge is 0.390 e. The topological polar surface area (TPSA) is 50.9 Å². The third-order valence-corrected chi connectivity index (χ3v) is 2.07. The van der Waals surface area contributed by atoms with Crippen LogP contribution in [-0.4, -0.2) is 20.1 Å². The Hall–Kier alpha value is -0.900. The smallest absolute Gasteiger partial charge is 0.111 e. The second kappa shape index (κ2) is 2.30. The zero-order valence-corrected chi connectivity index (χ0v) is 6.49. The number of aliphatic hydroxyl groups is 1. The van der Waals surface area contributed by atoms with Gasteiger partial charge >= 0.3 is 0 Å². The van der Waals surface area contributed by atoms with Gasteiger partial charge in [0, 0.05) is 0 Å². The van der Waals surface area contributed by atoms with Gasteiger partial charge in [-0.05, 0) is 19.8 Å². The van der Waals surface area contributed by atoms with E-state index in [4.69, 9.17) is 5.11 Å². The van der Waals surface area contributed by atoms with Crippen LogP contribution in [-0.2, 0) is 6.61 Å². The first-order valence-corrected chi connectivity index (χ1v) is 3.84. The van der Waals surface area contributed by atoms with E-state index in [1.807, 2.05) is 11.6 Å². The molecule has 11 heavy (non-hydrogen) atoms. The molecular formula is C7H11N3O. The van der Waals surface area contributed by atoms with E-state index in [1.54, 1.807) is 0 Å². The third-order valence-electron chi connectivity index (χ3n) is 2.07. The molecule has 1 aliphatic rings. The van der Waals surface area contributed by atoms with Crippen molar-refractivity contribution in [2.75, 3.05) is 0 Å². The highest BCUT2D eigenvalue weighted by Gasteiger charge is 2.26. The Morgan fingerprint density at radius 2 is 2.36 bits per heavy atom. The van der Waals surface area contributed by atoms with Gasteiger partial charge in [0.2, 0.25) is 0 Å². The van der Waals surface area contributed by atoms with Gasteiger partial charge in [0.15, 0.2) is 0 Å². The fourth-order valence-electron chi connectivity index (χ4n) is 1.19. The Bertz CT molecular complexity index is 265. The molecule has 0 saturated heterocycles. The maximum atomic E-state index is 8.82. The van der Waals surface area contributed by atoms with Gasteiger partial charge in [-0.2, -0.15) is 0 Å². The Morgan fingerprint density at radius 3 is 2.82 bits per heavy atom. The number of aliphatic hydroxyl groups excluding tert-OH is 1. The molecule has 1 saturated carbocycles. The average molecular weight is 153 g/mol. The van der Waals surface area contributed by atoms with Crippen LogP contribution in [0.3, 0.4) is 0 Å². The van der Waals surface area contributed by atoms with Crippen LogP contribution in [0, 0.1) is 6.92 Å². The molecule has 1 aliphatic carbocycles. The Morgan fingerprint density at radius 1 is 1.64 bits per heavy atom. The van der Waals surface area contributed by atoms with Crippen LogP contribution in [0.5, 0.6) is 0 Å². The lowest BCUT2D eigenvalue weighted by atomic mass is 10.3. The molecule has 4 heteroatoms. The van der Waals surface area contributed by atoms with Gasteiger partial charge in [-0.15, -0.1) is 5.10 Å². The molecule has 1 N–H and O–H groups in total. The standard InChI is InChI=1S/C7H11N3O/c1-5-7(4-11)8-9-10(5)6-2-3-6/h6,11H,2-4H2,1H3. The normalized spacial score (nSPS) is 17.3. The highest BCUT2D eigenvalue weighted by molar-refractivity contribution is 5.08. The monoisotopic (exact) mass is 153 g/mol. The molecular weight excluding hydrogens is 142 g/mol. The predicted molar refractivity (Wildman–Crippen MR) is 39.0 cm³/mol. The van der Waals surface area contributed by atoms with Crippen molar-refractivity contribution < 1.29 is 5.11 Å². The summed E-state index contributed by atoms with van der Waals surface area (Å²) in [5, 5.41) is 16.6. The van der Waals surface area contributed by atoms with Crippen molar-refractivity contribution in [2.24, 2.45) is 0 Å². The Balaban J connectivity index is 2.33. The quantitative estimate of drug-likeness (QED) is 0.669. The zero-order chi connectivity index (χ0) is 7.84. The molecule has 1 fully saturated rings. The summed E-state index contributed by atoms with van der Waals surface area (Å²) in [6, 6.07) is 0.558. The van der Waals surface area contributed by atoms with E-state index >= 15 is 0 Å². The summed E-state index contributed by atoms with van der Waals surface area (Å²) >= 11 is 0. The molecule has 1 aromatic heterocycles. The van der Waals surface area contributed by atoms with Gasteiger partial charge in [-0.25, -0.2) is 4.68 Å². The molecule has 2 rings (SSSR count). The maximum Gasteiger partial charge on any atom is 0.111 e. The van der Waals surface area contributed by atoms with Crippen LogP contribution in [0.1, 0.15) is 30.3 Å². The minimum Gasteiger partial charge on any atom is -0.390 e. The zero-order valence-electron chi connectivity index (χ0n) is 6.49. The van der Waals surface area contributed by atoms with Crippen LogP contribution in [0.2, 0.25) is 0 Å². The van der Waals surface area contributed by atoms with E-state index in [0.717, 1.165) is 5.69 Å². The first-order chi connectivity index (χ1) is 5.33. The second-order valence-electron chi connectivity index (χ2n) is 2.96. The molecule has 0 spiro atoms. The second-order valence-corrected chi connectivity index (χ2v) is 2.96. The van der Waals surface area contributed by atoms with Crippen LogP contribution >= 0.6 is 0 Å². The van der Waals surface area contributed by atoms with Gasteiger partial charge in [0.1, 0.15) is 5.69 Å². The molecule has 0 amide bonds. The molecule has 0 bridgehead atoms. The summed E-state index contributed by atoms with van der Waals surface area (Å²) in [4.78, 5) is 0. The Kier molecular flexibility index (Phi) is 1.42. The van der Waals surface area contributed by atoms with Gasteiger partial charge in [0.05, 0.1) is 18.3 Å². The number of rotatable bonds is 2. The fourth-order valence-corrected chi connectivity index (χ4v) is 1.19. The third kappa shape index (κ3) is 1.03. The van der Waals surface area contributed by atoms with Crippen LogP contribution < -0.4 is 0 Å². The van der Waals surface area contributed by atoms with Crippen molar-refractivity contribution in [1.29, 1.82) is 0 Å². The van der Waals surface area contributed by atoms with E-state index in [0.29, 0.717) is 11.7 Å². The summed E-state index contributed by atoms with van der Waals surface area (Å²) < 4.78 is 1.91. The SMILES string of the molecule is Cc1c(CO)nnn1C1CC1. The van der Waals surface area contributed by atoms with Crippen molar-refractivity contribution >= 4 is 0 Å². The lowest BCUT2D eigenvalue weighted by molar-refractivity contribution is 0.276. The van der Waals surface area contributed by atoms with Crippen molar-refractivity contribution in [1.82, 2.24) is 15.0 Å². The van der Waals surface area contributed by atoms with Crippen molar-refractivity contribution in [2.45, 2.75) is 32.4 Å². The van der Waals surface area contributed by atoms with E-state index < -0.39 is 0 Å². The summed E-state index contributed by atoms with van der Waals surface area (Å²) in [5.74, 6) is 0. The minimum absolute atomic E-state index is 0.00144. The van der Waals surface area contributed by atoms with E-state index in [1.165, 1.54) is 12.8 Å². The maximum absolute atomic E-state index is 8.82.